The number of benzene rings is 1. The monoisotopic (exact) mass is 476 g/mol. The molecule has 1 N–H and O–H groups in total. The van der Waals surface area contributed by atoms with Crippen LogP contribution in [0.5, 0.6) is 0 Å². The number of hydrogen-bond donors (Lipinski definition) is 1. The van der Waals surface area contributed by atoms with Crippen LogP contribution in [0.4, 0.5) is 11.5 Å². The number of nitrogens with one attached hydrogen (secondary N) is 1. The lowest BCUT2D eigenvalue weighted by atomic mass is 9.98. The van der Waals surface area contributed by atoms with Crippen molar-refractivity contribution >= 4 is 23.4 Å². The van der Waals surface area contributed by atoms with Gasteiger partial charge in [0.15, 0.2) is 5.82 Å². The Morgan fingerprint density at radius 2 is 1.94 bits per heavy atom. The smallest absolute Gasteiger partial charge is 0.343 e. The van der Waals surface area contributed by atoms with Crippen molar-refractivity contribution in [3.63, 3.8) is 0 Å². The average Bonchev–Trinajstić information content (AvgIpc) is 3.21. The number of aromatic nitrogens is 4. The van der Waals surface area contributed by atoms with Crippen LogP contribution in [-0.2, 0) is 4.74 Å². The Labute approximate surface area is 205 Å². The Kier molecular flexibility index (Phi) is 7.43. The molecule has 1 aromatic carbocycles. The van der Waals surface area contributed by atoms with Gasteiger partial charge in [-0.1, -0.05) is 19.1 Å². The second-order valence-electron chi connectivity index (χ2n) is 8.72. The molecule has 1 amide bonds. The molecule has 35 heavy (non-hydrogen) atoms. The van der Waals surface area contributed by atoms with E-state index in [1.165, 1.54) is 6.20 Å². The highest BCUT2D eigenvalue weighted by Crippen LogP contribution is 2.28. The summed E-state index contributed by atoms with van der Waals surface area (Å²) in [5, 5.41) is 7.68. The molecular formula is C26H32N6O3. The third-order valence-corrected chi connectivity index (χ3v) is 6.24. The van der Waals surface area contributed by atoms with E-state index in [-0.39, 0.29) is 29.9 Å². The van der Waals surface area contributed by atoms with Crippen molar-refractivity contribution in [1.82, 2.24) is 24.6 Å². The summed E-state index contributed by atoms with van der Waals surface area (Å²) in [6.07, 6.45) is 5.51. The quantitative estimate of drug-likeness (QED) is 0.497. The molecule has 1 saturated heterocycles. The van der Waals surface area contributed by atoms with Crippen LogP contribution in [0, 0.1) is 13.8 Å². The van der Waals surface area contributed by atoms with Gasteiger partial charge in [-0.25, -0.2) is 14.5 Å². The first-order valence-corrected chi connectivity index (χ1v) is 12.2. The van der Waals surface area contributed by atoms with Gasteiger partial charge in [-0.15, -0.1) is 0 Å². The van der Waals surface area contributed by atoms with Gasteiger partial charge < -0.3 is 15.0 Å². The number of anilines is 2. The average molecular weight is 477 g/mol. The molecule has 1 fully saturated rings. The lowest BCUT2D eigenvalue weighted by molar-refractivity contribution is 0.0526. The number of rotatable bonds is 7. The van der Waals surface area contributed by atoms with Crippen LogP contribution in [0.3, 0.4) is 0 Å². The second kappa shape index (κ2) is 10.7. The van der Waals surface area contributed by atoms with E-state index in [1.54, 1.807) is 17.7 Å². The van der Waals surface area contributed by atoms with E-state index in [2.05, 4.69) is 27.3 Å². The molecule has 4 rings (SSSR count). The number of hydrogen-bond acceptors (Lipinski definition) is 7. The van der Waals surface area contributed by atoms with Crippen LogP contribution in [0.2, 0.25) is 0 Å². The summed E-state index contributed by atoms with van der Waals surface area (Å²) in [6.45, 7) is 8.63. The normalized spacial score (nSPS) is 15.7. The minimum Gasteiger partial charge on any atom is -0.462 e. The van der Waals surface area contributed by atoms with Crippen LogP contribution in [-0.4, -0.2) is 55.7 Å². The third-order valence-electron chi connectivity index (χ3n) is 6.24. The van der Waals surface area contributed by atoms with Gasteiger partial charge in [0.05, 0.1) is 23.6 Å². The fraction of sp³-hybridized carbons (Fsp3) is 0.423. The number of aryl methyl sites for hydroxylation is 2. The predicted octanol–water partition coefficient (Wildman–Crippen LogP) is 4.60. The van der Waals surface area contributed by atoms with Gasteiger partial charge in [0, 0.05) is 24.5 Å². The summed E-state index contributed by atoms with van der Waals surface area (Å²) in [7, 11) is 0. The standard InChI is InChI=1S/C26H32N6O3/c1-5-19-11-9-10-14-31(19)24(33)20-12-7-8-13-22(20)28-23-21(25(34)35-6-2)16-27-26(29-23)32-18(4)15-17(3)30-32/h7-8,12-13,15-16,19H,5-6,9-11,14H2,1-4H3,(H,27,28,29). The third kappa shape index (κ3) is 5.18. The molecule has 1 aliphatic rings. The number of likely N-dealkylation sites (tertiary alicyclic amines) is 1. The van der Waals surface area contributed by atoms with E-state index in [9.17, 15) is 9.59 Å². The second-order valence-corrected chi connectivity index (χ2v) is 8.72. The summed E-state index contributed by atoms with van der Waals surface area (Å²) >= 11 is 0. The Morgan fingerprint density at radius 3 is 2.66 bits per heavy atom. The summed E-state index contributed by atoms with van der Waals surface area (Å²) in [6, 6.07) is 9.47. The summed E-state index contributed by atoms with van der Waals surface area (Å²) in [5.41, 5.74) is 2.99. The SMILES string of the molecule is CCOC(=O)c1cnc(-n2nc(C)cc2C)nc1Nc1ccccc1C(=O)N1CCCCC1CC. The molecule has 3 heterocycles. The summed E-state index contributed by atoms with van der Waals surface area (Å²) in [5.74, 6) is 0.00920. The van der Waals surface area contributed by atoms with Gasteiger partial charge in [-0.2, -0.15) is 10.1 Å². The van der Waals surface area contributed by atoms with Crippen molar-refractivity contribution in [1.29, 1.82) is 0 Å². The first kappa shape index (κ1) is 24.4. The number of carbonyl (C=O) groups is 2. The molecule has 0 aliphatic carbocycles. The lowest BCUT2D eigenvalue weighted by Crippen LogP contribution is -2.43. The van der Waals surface area contributed by atoms with Gasteiger partial charge >= 0.3 is 5.97 Å². The first-order valence-electron chi connectivity index (χ1n) is 12.2. The van der Waals surface area contributed by atoms with Crippen LogP contribution < -0.4 is 5.32 Å². The Bertz CT molecular complexity index is 1220. The molecule has 0 bridgehead atoms. The summed E-state index contributed by atoms with van der Waals surface area (Å²) in [4.78, 5) is 37.2. The zero-order valence-corrected chi connectivity index (χ0v) is 20.7. The van der Waals surface area contributed by atoms with Gasteiger partial charge in [0.25, 0.3) is 11.9 Å². The molecule has 1 atom stereocenters. The van der Waals surface area contributed by atoms with Crippen molar-refractivity contribution in [2.75, 3.05) is 18.5 Å². The highest BCUT2D eigenvalue weighted by atomic mass is 16.5. The minimum absolute atomic E-state index is 0.0230. The van der Waals surface area contributed by atoms with E-state index < -0.39 is 5.97 Å². The fourth-order valence-electron chi connectivity index (χ4n) is 4.51. The van der Waals surface area contributed by atoms with Gasteiger partial charge in [-0.05, 0) is 64.7 Å². The van der Waals surface area contributed by atoms with Crippen molar-refractivity contribution in [3.05, 3.63) is 59.0 Å². The lowest BCUT2D eigenvalue weighted by Gasteiger charge is -2.35. The Balaban J connectivity index is 1.74. The number of piperidine rings is 1. The number of ether oxygens (including phenoxy) is 1. The van der Waals surface area contributed by atoms with Crippen molar-refractivity contribution < 1.29 is 14.3 Å². The Morgan fingerprint density at radius 1 is 1.14 bits per heavy atom. The molecule has 184 valence electrons. The van der Waals surface area contributed by atoms with Crippen LogP contribution in [0.15, 0.2) is 36.5 Å². The molecule has 1 unspecified atom stereocenters. The van der Waals surface area contributed by atoms with E-state index in [4.69, 9.17) is 4.74 Å². The van der Waals surface area contributed by atoms with Crippen molar-refractivity contribution in [2.24, 2.45) is 0 Å². The topological polar surface area (TPSA) is 102 Å². The van der Waals surface area contributed by atoms with Crippen molar-refractivity contribution in [2.45, 2.75) is 59.4 Å². The Hall–Kier alpha value is -3.75. The van der Waals surface area contributed by atoms with Crippen LogP contribution >= 0.6 is 0 Å². The largest absolute Gasteiger partial charge is 0.462 e. The number of amides is 1. The molecule has 3 aromatic rings. The molecule has 0 spiro atoms. The molecule has 1 aliphatic heterocycles. The molecule has 9 nitrogen and oxygen atoms in total. The van der Waals surface area contributed by atoms with E-state index in [0.717, 1.165) is 43.6 Å². The first-order chi connectivity index (χ1) is 16.9. The van der Waals surface area contributed by atoms with Gasteiger partial charge in [0.1, 0.15) is 5.56 Å². The van der Waals surface area contributed by atoms with Crippen molar-refractivity contribution in [3.8, 4) is 5.95 Å². The van der Waals surface area contributed by atoms with Gasteiger partial charge in [0.2, 0.25) is 0 Å². The number of nitrogens with zero attached hydrogens (tertiary/aromatic N) is 5. The predicted molar refractivity (Wildman–Crippen MR) is 133 cm³/mol. The van der Waals surface area contributed by atoms with E-state index in [0.29, 0.717) is 17.2 Å². The maximum absolute atomic E-state index is 13.6. The highest BCUT2D eigenvalue weighted by molar-refractivity contribution is 6.01. The molecular weight excluding hydrogens is 444 g/mol. The zero-order chi connectivity index (χ0) is 24.9. The van der Waals surface area contributed by atoms with E-state index >= 15 is 0 Å². The number of carbonyl (C=O) groups excluding carboxylic acids is 2. The molecule has 0 saturated carbocycles. The number of esters is 1. The zero-order valence-electron chi connectivity index (χ0n) is 20.7. The fourth-order valence-corrected chi connectivity index (χ4v) is 4.51. The maximum Gasteiger partial charge on any atom is 0.343 e. The maximum atomic E-state index is 13.6. The molecule has 2 aromatic heterocycles. The number of para-hydroxylation sites is 1. The van der Waals surface area contributed by atoms with Crippen LogP contribution in [0.25, 0.3) is 5.95 Å². The summed E-state index contributed by atoms with van der Waals surface area (Å²) < 4.78 is 6.84. The highest BCUT2D eigenvalue weighted by Gasteiger charge is 2.28. The van der Waals surface area contributed by atoms with E-state index in [1.807, 2.05) is 43.0 Å². The van der Waals surface area contributed by atoms with Crippen LogP contribution in [0.1, 0.15) is 71.6 Å². The van der Waals surface area contributed by atoms with Gasteiger partial charge in [-0.3, -0.25) is 4.79 Å². The molecule has 0 radical (unpaired) electrons. The molecule has 9 heteroatoms. The minimum atomic E-state index is -0.541.